The van der Waals surface area contributed by atoms with Crippen molar-refractivity contribution in [1.82, 2.24) is 14.8 Å². The van der Waals surface area contributed by atoms with Gasteiger partial charge >= 0.3 is 5.97 Å². The van der Waals surface area contributed by atoms with Crippen LogP contribution in [0.15, 0.2) is 16.5 Å². The first-order valence-electron chi connectivity index (χ1n) is 15.6. The molecule has 0 atom stereocenters. The van der Waals surface area contributed by atoms with Gasteiger partial charge in [-0.25, -0.2) is 4.98 Å². The number of piperazine rings is 1. The van der Waals surface area contributed by atoms with Crippen molar-refractivity contribution in [3.63, 3.8) is 0 Å². The number of hydrogen-bond acceptors (Lipinski definition) is 5. The molecule has 3 fully saturated rings. The van der Waals surface area contributed by atoms with Crippen LogP contribution < -0.4 is 0 Å². The summed E-state index contributed by atoms with van der Waals surface area (Å²) < 4.78 is 5.62. The van der Waals surface area contributed by atoms with Gasteiger partial charge in [-0.1, -0.05) is 20.8 Å². The van der Waals surface area contributed by atoms with Crippen LogP contribution in [-0.2, 0) is 15.0 Å². The third-order valence-corrected chi connectivity index (χ3v) is 10.8. The number of alkyl halides is 2. The van der Waals surface area contributed by atoms with Crippen molar-refractivity contribution in [2.24, 2.45) is 11.3 Å². The SMILES string of the molecule is CC1(C(=O)O)CCC(C(=O)N2CCN(C(=O)c3cc4nc(C5CCC(Cl)(Cl)CC5)cc(C(C)(C)C)c4o3)C(C)(C)C2)CC1. The van der Waals surface area contributed by atoms with Crippen molar-refractivity contribution >= 4 is 52.1 Å². The monoisotopic (exact) mass is 633 g/mol. The standard InChI is InChI=1S/C33H45Cl2N3O5/c1-30(2,3)22-17-23(20-9-13-33(34,35)14-10-20)36-24-18-25(43-26(22)24)28(40)38-16-15-37(19-31(38,4)5)27(39)21-7-11-32(6,12-8-21)29(41)42/h17-18,20-21H,7-16,19H2,1-6H3,(H,41,42). The highest BCUT2D eigenvalue weighted by Gasteiger charge is 2.44. The van der Waals surface area contributed by atoms with Crippen molar-refractivity contribution in [1.29, 1.82) is 0 Å². The molecule has 0 radical (unpaired) electrons. The minimum atomic E-state index is -0.791. The van der Waals surface area contributed by atoms with Crippen LogP contribution in [0.3, 0.4) is 0 Å². The van der Waals surface area contributed by atoms with E-state index in [0.29, 0.717) is 69.3 Å². The van der Waals surface area contributed by atoms with Crippen molar-refractivity contribution < 1.29 is 23.9 Å². The minimum Gasteiger partial charge on any atom is -0.481 e. The fourth-order valence-corrected chi connectivity index (χ4v) is 7.51. The van der Waals surface area contributed by atoms with Crippen molar-refractivity contribution in [3.8, 4) is 0 Å². The smallest absolute Gasteiger partial charge is 0.309 e. The Balaban J connectivity index is 1.34. The highest BCUT2D eigenvalue weighted by atomic mass is 35.5. The molecule has 2 aromatic rings. The second kappa shape index (κ2) is 11.2. The van der Waals surface area contributed by atoms with Crippen molar-refractivity contribution in [2.45, 2.75) is 114 Å². The molecule has 10 heteroatoms. The number of carbonyl (C=O) groups excluding carboxylic acids is 2. The van der Waals surface area contributed by atoms with E-state index in [9.17, 15) is 19.5 Å². The number of hydrogen-bond donors (Lipinski definition) is 1. The first-order valence-corrected chi connectivity index (χ1v) is 16.3. The van der Waals surface area contributed by atoms with Crippen LogP contribution in [0, 0.1) is 11.3 Å². The summed E-state index contributed by atoms with van der Waals surface area (Å²) in [6, 6.07) is 3.89. The molecule has 2 saturated carbocycles. The van der Waals surface area contributed by atoms with Crippen LogP contribution in [0.5, 0.6) is 0 Å². The molecule has 0 unspecified atom stereocenters. The molecule has 0 bridgehead atoms. The third kappa shape index (κ3) is 6.42. The Morgan fingerprint density at radius 2 is 1.60 bits per heavy atom. The fraction of sp³-hybridized carbons (Fsp3) is 0.697. The second-order valence-corrected chi connectivity index (χ2v) is 16.6. The summed E-state index contributed by atoms with van der Waals surface area (Å²) in [4.78, 5) is 47.6. The van der Waals surface area contributed by atoms with Gasteiger partial charge in [-0.15, -0.1) is 23.2 Å². The Morgan fingerprint density at radius 3 is 2.16 bits per heavy atom. The number of halogens is 2. The van der Waals surface area contributed by atoms with Gasteiger partial charge in [0.25, 0.3) is 5.91 Å². The zero-order valence-electron chi connectivity index (χ0n) is 26.3. The Morgan fingerprint density at radius 1 is 0.977 bits per heavy atom. The quantitative estimate of drug-likeness (QED) is 0.354. The average Bonchev–Trinajstić information content (AvgIpc) is 3.35. The molecule has 2 aliphatic carbocycles. The van der Waals surface area contributed by atoms with Gasteiger partial charge in [0, 0.05) is 48.8 Å². The van der Waals surface area contributed by atoms with Crippen LogP contribution in [0.1, 0.15) is 121 Å². The molecule has 3 aliphatic rings. The predicted octanol–water partition coefficient (Wildman–Crippen LogP) is 7.30. The molecule has 0 aromatic carbocycles. The molecule has 1 aliphatic heterocycles. The Labute approximate surface area is 264 Å². The van der Waals surface area contributed by atoms with Crippen molar-refractivity contribution in [3.05, 3.63) is 29.2 Å². The van der Waals surface area contributed by atoms with Crippen LogP contribution in [-0.4, -0.2) is 67.2 Å². The number of fused-ring (bicyclic) bond motifs is 1. The molecule has 236 valence electrons. The van der Waals surface area contributed by atoms with Crippen LogP contribution in [0.25, 0.3) is 11.1 Å². The molecule has 0 spiro atoms. The van der Waals surface area contributed by atoms with Crippen LogP contribution in [0.2, 0.25) is 0 Å². The van der Waals surface area contributed by atoms with E-state index in [4.69, 9.17) is 32.6 Å². The zero-order chi connectivity index (χ0) is 31.5. The summed E-state index contributed by atoms with van der Waals surface area (Å²) in [5.41, 5.74) is 1.72. The fourth-order valence-electron chi connectivity index (χ4n) is 7.08. The summed E-state index contributed by atoms with van der Waals surface area (Å²) in [6.07, 6.45) is 5.29. The van der Waals surface area contributed by atoms with Gasteiger partial charge in [0.05, 0.1) is 11.0 Å². The number of amides is 2. The first kappa shape index (κ1) is 32.1. The normalized spacial score (nSPS) is 26.5. The molecule has 2 aromatic heterocycles. The van der Waals surface area contributed by atoms with E-state index in [1.54, 1.807) is 17.9 Å². The summed E-state index contributed by atoms with van der Waals surface area (Å²) in [6.45, 7) is 13.3. The first-order chi connectivity index (χ1) is 19.9. The molecule has 43 heavy (non-hydrogen) atoms. The van der Waals surface area contributed by atoms with Gasteiger partial charge in [0.1, 0.15) is 9.85 Å². The number of nitrogens with zero attached hydrogens (tertiary/aromatic N) is 3. The maximum absolute atomic E-state index is 13.9. The lowest BCUT2D eigenvalue weighted by atomic mass is 9.71. The van der Waals surface area contributed by atoms with E-state index >= 15 is 0 Å². The number of furan rings is 1. The number of aromatic nitrogens is 1. The summed E-state index contributed by atoms with van der Waals surface area (Å²) in [5, 5.41) is 9.55. The minimum absolute atomic E-state index is 0.0613. The van der Waals surface area contributed by atoms with Gasteiger partial charge in [0.15, 0.2) is 11.3 Å². The topological polar surface area (TPSA) is 104 Å². The second-order valence-electron chi connectivity index (χ2n) is 15.0. The maximum atomic E-state index is 13.9. The summed E-state index contributed by atoms with van der Waals surface area (Å²) >= 11 is 12.8. The highest BCUT2D eigenvalue weighted by molar-refractivity contribution is 6.48. The lowest BCUT2D eigenvalue weighted by Gasteiger charge is -2.48. The third-order valence-electron chi connectivity index (χ3n) is 10.1. The summed E-state index contributed by atoms with van der Waals surface area (Å²) in [7, 11) is 0. The molecular formula is C33H45Cl2N3O5. The highest BCUT2D eigenvalue weighted by Crippen LogP contribution is 2.45. The van der Waals surface area contributed by atoms with Gasteiger partial charge in [0.2, 0.25) is 5.91 Å². The molecule has 1 saturated heterocycles. The molecule has 3 heterocycles. The summed E-state index contributed by atoms with van der Waals surface area (Å²) in [5.74, 6) is -0.615. The Bertz CT molecular complexity index is 1410. The number of rotatable bonds is 4. The maximum Gasteiger partial charge on any atom is 0.309 e. The molecule has 1 N–H and O–H groups in total. The number of aliphatic carboxylic acids is 1. The Hall–Kier alpha value is -2.32. The number of pyridine rings is 1. The zero-order valence-corrected chi connectivity index (χ0v) is 27.8. The van der Waals surface area contributed by atoms with Gasteiger partial charge in [-0.3, -0.25) is 14.4 Å². The van der Waals surface area contributed by atoms with E-state index < -0.39 is 21.3 Å². The van der Waals surface area contributed by atoms with Gasteiger partial charge in [-0.05, 0) is 83.6 Å². The van der Waals surface area contributed by atoms with E-state index in [1.165, 1.54) is 0 Å². The predicted molar refractivity (Wildman–Crippen MR) is 168 cm³/mol. The van der Waals surface area contributed by atoms with Crippen molar-refractivity contribution in [2.75, 3.05) is 19.6 Å². The molecule has 2 amide bonds. The number of carboxylic acid groups (broad SMARTS) is 1. The van der Waals surface area contributed by atoms with Gasteiger partial charge < -0.3 is 19.3 Å². The van der Waals surface area contributed by atoms with E-state index in [0.717, 1.165) is 24.1 Å². The van der Waals surface area contributed by atoms with Crippen LogP contribution >= 0.6 is 23.2 Å². The Kier molecular flexibility index (Phi) is 8.39. The van der Waals surface area contributed by atoms with E-state index in [2.05, 4.69) is 26.8 Å². The number of carbonyl (C=O) groups is 3. The number of carboxylic acids is 1. The van der Waals surface area contributed by atoms with E-state index in [-0.39, 0.29) is 34.8 Å². The van der Waals surface area contributed by atoms with E-state index in [1.807, 2.05) is 18.7 Å². The molecular weight excluding hydrogens is 589 g/mol. The van der Waals surface area contributed by atoms with Gasteiger partial charge in [-0.2, -0.15) is 0 Å². The lowest BCUT2D eigenvalue weighted by molar-refractivity contribution is -0.153. The lowest BCUT2D eigenvalue weighted by Crippen LogP contribution is -2.62. The largest absolute Gasteiger partial charge is 0.481 e. The molecule has 5 rings (SSSR count). The molecule has 8 nitrogen and oxygen atoms in total. The van der Waals surface area contributed by atoms with Crippen LogP contribution in [0.4, 0.5) is 0 Å². The average molecular weight is 635 g/mol.